The molecule has 0 spiro atoms. The number of pyridine rings is 1. The monoisotopic (exact) mass is 407 g/mol. The van der Waals surface area contributed by atoms with E-state index in [1.807, 2.05) is 6.20 Å². The number of hydrogen-bond donors (Lipinski definition) is 1. The van der Waals surface area contributed by atoms with Crippen LogP contribution >= 0.6 is 12.4 Å². The highest BCUT2D eigenvalue weighted by molar-refractivity contribution is 5.85. The SMILES string of the molecule is Cl.O=C(C1CC1)N1C[C@@H]2CNC(c3ccnc(OCC4CCOCC4)c3)[C@@H]2C1. The number of carbonyl (C=O) groups excluding carboxylic acids is 1. The van der Waals surface area contributed by atoms with Gasteiger partial charge in [0.15, 0.2) is 0 Å². The van der Waals surface area contributed by atoms with E-state index in [1.165, 1.54) is 5.56 Å². The molecule has 154 valence electrons. The molecule has 1 aromatic heterocycles. The number of rotatable bonds is 5. The van der Waals surface area contributed by atoms with Gasteiger partial charge in [0.1, 0.15) is 0 Å². The number of hydrogen-bond acceptors (Lipinski definition) is 5. The van der Waals surface area contributed by atoms with Crippen LogP contribution in [0.4, 0.5) is 0 Å². The average molecular weight is 408 g/mol. The third-order valence-electron chi connectivity index (χ3n) is 6.68. The second-order valence-electron chi connectivity index (χ2n) is 8.62. The molecule has 1 aliphatic carbocycles. The number of likely N-dealkylation sites (tertiary alicyclic amines) is 1. The van der Waals surface area contributed by atoms with Crippen molar-refractivity contribution in [3.05, 3.63) is 23.9 Å². The number of fused-ring (bicyclic) bond motifs is 1. The van der Waals surface area contributed by atoms with Gasteiger partial charge in [-0.25, -0.2) is 4.98 Å². The number of halogens is 1. The summed E-state index contributed by atoms with van der Waals surface area (Å²) in [5.41, 5.74) is 1.24. The molecule has 7 heteroatoms. The molecule has 3 aliphatic heterocycles. The van der Waals surface area contributed by atoms with E-state index in [0.717, 1.165) is 58.5 Å². The van der Waals surface area contributed by atoms with Crippen LogP contribution in [0.15, 0.2) is 18.3 Å². The molecule has 6 nitrogen and oxygen atoms in total. The van der Waals surface area contributed by atoms with Gasteiger partial charge >= 0.3 is 0 Å². The highest BCUT2D eigenvalue weighted by Gasteiger charge is 2.46. The lowest BCUT2D eigenvalue weighted by Gasteiger charge is -2.23. The summed E-state index contributed by atoms with van der Waals surface area (Å²) in [7, 11) is 0. The molecule has 1 unspecified atom stereocenters. The van der Waals surface area contributed by atoms with Gasteiger partial charge in [-0.05, 0) is 49.1 Å². The first-order valence-corrected chi connectivity index (χ1v) is 10.5. The van der Waals surface area contributed by atoms with E-state index in [9.17, 15) is 4.79 Å². The Hall–Kier alpha value is -1.37. The van der Waals surface area contributed by atoms with Crippen LogP contribution in [0.5, 0.6) is 5.88 Å². The molecule has 4 aliphatic rings. The van der Waals surface area contributed by atoms with Crippen molar-refractivity contribution in [2.75, 3.05) is 39.5 Å². The largest absolute Gasteiger partial charge is 0.477 e. The van der Waals surface area contributed by atoms with Gasteiger partial charge in [0.05, 0.1) is 6.61 Å². The lowest BCUT2D eigenvalue weighted by molar-refractivity contribution is -0.131. The zero-order valence-electron chi connectivity index (χ0n) is 16.2. The molecule has 0 bridgehead atoms. The lowest BCUT2D eigenvalue weighted by atomic mass is 9.90. The van der Waals surface area contributed by atoms with Crippen molar-refractivity contribution in [1.82, 2.24) is 15.2 Å². The Morgan fingerprint density at radius 2 is 2.07 bits per heavy atom. The summed E-state index contributed by atoms with van der Waals surface area (Å²) in [4.78, 5) is 19.0. The molecule has 4 heterocycles. The van der Waals surface area contributed by atoms with Gasteiger partial charge in [0.25, 0.3) is 0 Å². The fourth-order valence-electron chi connectivity index (χ4n) is 4.87. The molecule has 3 saturated heterocycles. The third-order valence-corrected chi connectivity index (χ3v) is 6.68. The molecule has 1 amide bonds. The van der Waals surface area contributed by atoms with Crippen molar-refractivity contribution in [1.29, 1.82) is 0 Å². The molecule has 28 heavy (non-hydrogen) atoms. The number of nitrogens with one attached hydrogen (secondary N) is 1. The van der Waals surface area contributed by atoms with Gasteiger partial charge in [-0.3, -0.25) is 4.79 Å². The highest BCUT2D eigenvalue weighted by atomic mass is 35.5. The van der Waals surface area contributed by atoms with Crippen LogP contribution in [0, 0.1) is 23.7 Å². The second-order valence-corrected chi connectivity index (χ2v) is 8.62. The minimum atomic E-state index is 0. The summed E-state index contributed by atoms with van der Waals surface area (Å²) in [6.45, 7) is 5.19. The topological polar surface area (TPSA) is 63.7 Å². The van der Waals surface area contributed by atoms with E-state index >= 15 is 0 Å². The van der Waals surface area contributed by atoms with Crippen molar-refractivity contribution in [3.8, 4) is 5.88 Å². The van der Waals surface area contributed by atoms with Crippen molar-refractivity contribution >= 4 is 18.3 Å². The molecule has 1 aromatic rings. The smallest absolute Gasteiger partial charge is 0.225 e. The third kappa shape index (κ3) is 4.14. The van der Waals surface area contributed by atoms with Gasteiger partial charge < -0.3 is 19.7 Å². The molecule has 3 atom stereocenters. The number of amides is 1. The number of carbonyl (C=O) groups is 1. The minimum absolute atomic E-state index is 0. The van der Waals surface area contributed by atoms with Gasteiger partial charge in [0, 0.05) is 63.0 Å². The van der Waals surface area contributed by atoms with Gasteiger partial charge in [-0.15, -0.1) is 12.4 Å². The predicted octanol–water partition coefficient (Wildman–Crippen LogP) is 2.44. The molecule has 4 fully saturated rings. The maximum absolute atomic E-state index is 12.4. The first-order chi connectivity index (χ1) is 13.3. The van der Waals surface area contributed by atoms with Crippen molar-refractivity contribution in [2.24, 2.45) is 23.7 Å². The van der Waals surface area contributed by atoms with Crippen molar-refractivity contribution < 1.29 is 14.3 Å². The summed E-state index contributed by atoms with van der Waals surface area (Å²) < 4.78 is 11.4. The minimum Gasteiger partial charge on any atom is -0.477 e. The van der Waals surface area contributed by atoms with E-state index in [-0.39, 0.29) is 12.4 Å². The maximum Gasteiger partial charge on any atom is 0.225 e. The van der Waals surface area contributed by atoms with Crippen molar-refractivity contribution in [3.63, 3.8) is 0 Å². The van der Waals surface area contributed by atoms with Crippen molar-refractivity contribution in [2.45, 2.75) is 31.7 Å². The first kappa shape index (κ1) is 19.9. The average Bonchev–Trinajstić information content (AvgIpc) is 3.36. The second kappa shape index (κ2) is 8.56. The van der Waals surface area contributed by atoms with E-state index in [2.05, 4.69) is 27.3 Å². The zero-order valence-corrected chi connectivity index (χ0v) is 17.0. The van der Waals surface area contributed by atoms with Crippen LogP contribution < -0.4 is 10.1 Å². The molecular formula is C21H30ClN3O3. The first-order valence-electron chi connectivity index (χ1n) is 10.5. The van der Waals surface area contributed by atoms with Crippen LogP contribution in [-0.2, 0) is 9.53 Å². The van der Waals surface area contributed by atoms with E-state index in [4.69, 9.17) is 9.47 Å². The Kier molecular flexibility index (Phi) is 6.09. The fraction of sp³-hybridized carbons (Fsp3) is 0.714. The molecule has 1 saturated carbocycles. The lowest BCUT2D eigenvalue weighted by Crippen LogP contribution is -2.33. The highest BCUT2D eigenvalue weighted by Crippen LogP contribution is 2.41. The summed E-state index contributed by atoms with van der Waals surface area (Å²) in [6.07, 6.45) is 6.16. The summed E-state index contributed by atoms with van der Waals surface area (Å²) in [5, 5.41) is 3.67. The molecule has 1 N–H and O–H groups in total. The molecule has 0 aromatic carbocycles. The standard InChI is InChI=1S/C21H29N3O3.ClH/c25-21(15-1-2-15)24-11-17-10-23-20(18(17)12-24)16-3-6-22-19(9-16)27-13-14-4-7-26-8-5-14;/h3,6,9,14-15,17-18,20,23H,1-2,4-5,7-8,10-13H2;1H/t17-,18+,20?;/m0./s1. The number of nitrogens with zero attached hydrogens (tertiary/aromatic N) is 2. The normalized spacial score (nSPS) is 30.0. The Morgan fingerprint density at radius 1 is 1.25 bits per heavy atom. The van der Waals surface area contributed by atoms with E-state index in [0.29, 0.717) is 48.1 Å². The Labute approximate surface area is 172 Å². The zero-order chi connectivity index (χ0) is 18.2. The van der Waals surface area contributed by atoms with Crippen LogP contribution in [0.25, 0.3) is 0 Å². The van der Waals surface area contributed by atoms with Crippen LogP contribution in [0.3, 0.4) is 0 Å². The molecule has 5 rings (SSSR count). The summed E-state index contributed by atoms with van der Waals surface area (Å²) in [6, 6.07) is 4.47. The van der Waals surface area contributed by atoms with E-state index in [1.54, 1.807) is 0 Å². The molecular weight excluding hydrogens is 378 g/mol. The van der Waals surface area contributed by atoms with Gasteiger partial charge in [-0.2, -0.15) is 0 Å². The Morgan fingerprint density at radius 3 is 2.86 bits per heavy atom. The maximum atomic E-state index is 12.4. The van der Waals surface area contributed by atoms with Crippen LogP contribution in [0.2, 0.25) is 0 Å². The van der Waals surface area contributed by atoms with Crippen LogP contribution in [-0.4, -0.2) is 55.2 Å². The van der Waals surface area contributed by atoms with Crippen LogP contribution in [0.1, 0.15) is 37.3 Å². The summed E-state index contributed by atoms with van der Waals surface area (Å²) in [5.74, 6) is 3.05. The van der Waals surface area contributed by atoms with E-state index < -0.39 is 0 Å². The Bertz CT molecular complexity index is 693. The number of ether oxygens (including phenoxy) is 2. The summed E-state index contributed by atoms with van der Waals surface area (Å²) >= 11 is 0. The molecule has 0 radical (unpaired) electrons. The quantitative estimate of drug-likeness (QED) is 0.812. The fourth-order valence-corrected chi connectivity index (χ4v) is 4.87. The number of aromatic nitrogens is 1. The van der Waals surface area contributed by atoms with Gasteiger partial charge in [0.2, 0.25) is 11.8 Å². The van der Waals surface area contributed by atoms with Gasteiger partial charge in [-0.1, -0.05) is 0 Å². The Balaban J connectivity index is 0.00000192. The predicted molar refractivity (Wildman–Crippen MR) is 108 cm³/mol.